The predicted octanol–water partition coefficient (Wildman–Crippen LogP) is 2.72. The van der Waals surface area contributed by atoms with Gasteiger partial charge in [-0.1, -0.05) is 6.07 Å². The second kappa shape index (κ2) is 8.11. The number of carbonyl (C=O) groups excluding carboxylic acids is 1. The summed E-state index contributed by atoms with van der Waals surface area (Å²) in [4.78, 5) is 16.2. The Bertz CT molecular complexity index is 831. The van der Waals surface area contributed by atoms with E-state index in [1.807, 2.05) is 19.9 Å². The second-order valence-electron chi connectivity index (χ2n) is 5.50. The summed E-state index contributed by atoms with van der Waals surface area (Å²) in [5.41, 5.74) is 3.02. The molecule has 2 aromatic rings. The third kappa shape index (κ3) is 4.44. The molecule has 0 saturated heterocycles. The molecule has 130 valence electrons. The molecule has 0 aliphatic rings. The Labute approximate surface area is 145 Å². The lowest BCUT2D eigenvalue weighted by Gasteiger charge is -2.13. The molecular formula is C18H19FN4O2. The summed E-state index contributed by atoms with van der Waals surface area (Å²) in [6.07, 6.45) is 1.69. The van der Waals surface area contributed by atoms with Crippen LogP contribution in [0.15, 0.2) is 24.4 Å². The van der Waals surface area contributed by atoms with Crippen molar-refractivity contribution < 1.29 is 13.9 Å². The molecule has 1 aromatic carbocycles. The number of aromatic nitrogens is 1. The normalized spacial score (nSPS) is 10.0. The van der Waals surface area contributed by atoms with Gasteiger partial charge in [0, 0.05) is 29.4 Å². The number of methoxy groups -OCH3 is 1. The van der Waals surface area contributed by atoms with Crippen LogP contribution in [0.2, 0.25) is 0 Å². The van der Waals surface area contributed by atoms with E-state index >= 15 is 0 Å². The van der Waals surface area contributed by atoms with Gasteiger partial charge in [0.15, 0.2) is 0 Å². The highest BCUT2D eigenvalue weighted by Crippen LogP contribution is 2.23. The minimum absolute atomic E-state index is 0.0208. The number of benzene rings is 1. The lowest BCUT2D eigenvalue weighted by atomic mass is 10.1. The summed E-state index contributed by atoms with van der Waals surface area (Å²) >= 11 is 0. The van der Waals surface area contributed by atoms with Gasteiger partial charge in [0.05, 0.1) is 31.0 Å². The number of pyridine rings is 1. The van der Waals surface area contributed by atoms with Gasteiger partial charge in [-0.05, 0) is 26.0 Å². The average Bonchev–Trinajstić information content (AvgIpc) is 2.60. The second-order valence-corrected chi connectivity index (χ2v) is 5.50. The van der Waals surface area contributed by atoms with Crippen LogP contribution in [0, 0.1) is 31.0 Å². The van der Waals surface area contributed by atoms with Crippen LogP contribution in [-0.4, -0.2) is 18.1 Å². The predicted molar refractivity (Wildman–Crippen MR) is 90.5 cm³/mol. The number of hydrogen-bond donors (Lipinski definition) is 2. The van der Waals surface area contributed by atoms with Crippen LogP contribution >= 0.6 is 0 Å². The quantitative estimate of drug-likeness (QED) is 0.875. The first-order valence-electron chi connectivity index (χ1n) is 7.65. The van der Waals surface area contributed by atoms with Gasteiger partial charge in [0.25, 0.3) is 0 Å². The molecule has 0 fully saturated rings. The Hall–Kier alpha value is -3.14. The van der Waals surface area contributed by atoms with Crippen LogP contribution in [0.3, 0.4) is 0 Å². The molecule has 1 aromatic heterocycles. The van der Waals surface area contributed by atoms with E-state index < -0.39 is 11.8 Å². The molecule has 0 aliphatic heterocycles. The summed E-state index contributed by atoms with van der Waals surface area (Å²) in [5, 5.41) is 14.0. The van der Waals surface area contributed by atoms with Crippen molar-refractivity contribution in [1.82, 2.24) is 15.6 Å². The maximum Gasteiger partial charge on any atom is 0.315 e. The summed E-state index contributed by atoms with van der Waals surface area (Å²) < 4.78 is 19.1. The minimum Gasteiger partial charge on any atom is -0.496 e. The molecule has 2 N–H and O–H groups in total. The number of rotatable bonds is 5. The molecular weight excluding hydrogens is 323 g/mol. The molecule has 25 heavy (non-hydrogen) atoms. The molecule has 2 rings (SSSR count). The van der Waals surface area contributed by atoms with E-state index in [-0.39, 0.29) is 18.7 Å². The Balaban J connectivity index is 1.93. The molecule has 0 radical (unpaired) electrons. The van der Waals surface area contributed by atoms with E-state index in [0.29, 0.717) is 11.3 Å². The number of aryl methyl sites for hydroxylation is 1. The van der Waals surface area contributed by atoms with E-state index in [2.05, 4.69) is 15.6 Å². The van der Waals surface area contributed by atoms with Crippen molar-refractivity contribution >= 4 is 6.03 Å². The van der Waals surface area contributed by atoms with E-state index in [1.54, 1.807) is 13.3 Å². The summed E-state index contributed by atoms with van der Waals surface area (Å²) in [6.45, 7) is 4.02. The number of amides is 2. The number of halogens is 1. The third-order valence-electron chi connectivity index (χ3n) is 3.79. The van der Waals surface area contributed by atoms with Crippen LogP contribution in [0.25, 0.3) is 0 Å². The van der Waals surface area contributed by atoms with E-state index in [0.717, 1.165) is 22.9 Å². The summed E-state index contributed by atoms with van der Waals surface area (Å²) in [5.74, 6) is 0.215. The number of nitriles is 1. The zero-order chi connectivity index (χ0) is 18.4. The fraction of sp³-hybridized carbons (Fsp3) is 0.278. The first kappa shape index (κ1) is 18.2. The van der Waals surface area contributed by atoms with Gasteiger partial charge in [-0.3, -0.25) is 4.98 Å². The molecule has 2 amide bonds. The van der Waals surface area contributed by atoms with Crippen LogP contribution in [0.4, 0.5) is 9.18 Å². The van der Waals surface area contributed by atoms with Crippen molar-refractivity contribution in [3.8, 4) is 11.8 Å². The SMILES string of the molecule is COc1c(C)cnc(CNC(=O)NCc2ccc(C#N)cc2F)c1C. The van der Waals surface area contributed by atoms with Crippen LogP contribution in [-0.2, 0) is 13.1 Å². The van der Waals surface area contributed by atoms with Gasteiger partial charge in [-0.2, -0.15) is 5.26 Å². The van der Waals surface area contributed by atoms with Crippen LogP contribution in [0.1, 0.15) is 27.9 Å². The first-order chi connectivity index (χ1) is 12.0. The van der Waals surface area contributed by atoms with Crippen molar-refractivity contribution in [3.63, 3.8) is 0 Å². The zero-order valence-corrected chi connectivity index (χ0v) is 14.3. The lowest BCUT2D eigenvalue weighted by molar-refractivity contribution is 0.240. The first-order valence-corrected chi connectivity index (χ1v) is 7.65. The van der Waals surface area contributed by atoms with Crippen molar-refractivity contribution in [2.45, 2.75) is 26.9 Å². The monoisotopic (exact) mass is 342 g/mol. The number of nitrogens with one attached hydrogen (secondary N) is 2. The molecule has 7 heteroatoms. The smallest absolute Gasteiger partial charge is 0.315 e. The van der Waals surface area contributed by atoms with Gasteiger partial charge in [0.2, 0.25) is 0 Å². The van der Waals surface area contributed by atoms with Crippen LogP contribution < -0.4 is 15.4 Å². The maximum absolute atomic E-state index is 13.8. The molecule has 0 bridgehead atoms. The number of carbonyl (C=O) groups is 1. The van der Waals surface area contributed by atoms with Crippen molar-refractivity contribution in [3.05, 3.63) is 58.2 Å². The Kier molecular flexibility index (Phi) is 5.90. The van der Waals surface area contributed by atoms with Gasteiger partial charge < -0.3 is 15.4 Å². The molecule has 0 atom stereocenters. The highest BCUT2D eigenvalue weighted by Gasteiger charge is 2.11. The van der Waals surface area contributed by atoms with Crippen molar-refractivity contribution in [1.29, 1.82) is 5.26 Å². The Morgan fingerprint density at radius 2 is 2.04 bits per heavy atom. The number of nitrogens with zero attached hydrogens (tertiary/aromatic N) is 2. The van der Waals surface area contributed by atoms with Gasteiger partial charge in [0.1, 0.15) is 11.6 Å². The molecule has 0 unspecified atom stereocenters. The topological polar surface area (TPSA) is 87.0 Å². The van der Waals surface area contributed by atoms with Gasteiger partial charge >= 0.3 is 6.03 Å². The number of urea groups is 1. The molecule has 0 aliphatic carbocycles. The number of hydrogen-bond acceptors (Lipinski definition) is 4. The van der Waals surface area contributed by atoms with Crippen molar-refractivity contribution in [2.24, 2.45) is 0 Å². The van der Waals surface area contributed by atoms with Gasteiger partial charge in [-0.25, -0.2) is 9.18 Å². The summed E-state index contributed by atoms with van der Waals surface area (Å²) in [6, 6.07) is 5.54. The van der Waals surface area contributed by atoms with Crippen LogP contribution in [0.5, 0.6) is 5.75 Å². The summed E-state index contributed by atoms with van der Waals surface area (Å²) in [7, 11) is 1.59. The highest BCUT2D eigenvalue weighted by atomic mass is 19.1. The molecule has 6 nitrogen and oxygen atoms in total. The van der Waals surface area contributed by atoms with Crippen molar-refractivity contribution in [2.75, 3.05) is 7.11 Å². The van der Waals surface area contributed by atoms with Gasteiger partial charge in [-0.15, -0.1) is 0 Å². The average molecular weight is 342 g/mol. The standard InChI is InChI=1S/C18H19FN4O2/c1-11-8-21-16(12(2)17(11)25-3)10-23-18(24)22-9-14-5-4-13(7-20)6-15(14)19/h4-6,8H,9-10H2,1-3H3,(H2,22,23,24). The number of ether oxygens (including phenoxy) is 1. The zero-order valence-electron chi connectivity index (χ0n) is 14.3. The van der Waals surface area contributed by atoms with E-state index in [4.69, 9.17) is 10.00 Å². The Morgan fingerprint density at radius 1 is 1.32 bits per heavy atom. The molecule has 0 spiro atoms. The Morgan fingerprint density at radius 3 is 2.68 bits per heavy atom. The highest BCUT2D eigenvalue weighted by molar-refractivity contribution is 5.73. The molecule has 0 saturated carbocycles. The maximum atomic E-state index is 13.8. The van der Waals surface area contributed by atoms with E-state index in [9.17, 15) is 9.18 Å². The third-order valence-corrected chi connectivity index (χ3v) is 3.79. The largest absolute Gasteiger partial charge is 0.496 e. The minimum atomic E-state index is -0.528. The fourth-order valence-corrected chi connectivity index (χ4v) is 2.41. The fourth-order valence-electron chi connectivity index (χ4n) is 2.41. The molecule has 1 heterocycles. The lowest BCUT2D eigenvalue weighted by Crippen LogP contribution is -2.35. The van der Waals surface area contributed by atoms with E-state index in [1.165, 1.54) is 12.1 Å².